The van der Waals surface area contributed by atoms with Crippen LogP contribution in [0.3, 0.4) is 0 Å². The Hall–Kier alpha value is 1.02. The maximum Gasteiger partial charge on any atom is 0.136 e. The van der Waals surface area contributed by atoms with Gasteiger partial charge >= 0.3 is 0 Å². The molecule has 0 unspecified atom stereocenters. The van der Waals surface area contributed by atoms with Crippen LogP contribution in [0.15, 0.2) is 97.1 Å². The van der Waals surface area contributed by atoms with Crippen LogP contribution in [0.2, 0.25) is 0 Å². The monoisotopic (exact) mass is 1520 g/mol. The summed E-state index contributed by atoms with van der Waals surface area (Å²) in [6.07, 6.45) is 0.848. The highest BCUT2D eigenvalue weighted by molar-refractivity contribution is 14.1. The van der Waals surface area contributed by atoms with Gasteiger partial charge in [-0.25, -0.2) is 8.78 Å². The summed E-state index contributed by atoms with van der Waals surface area (Å²) < 4.78 is 36.1. The third kappa shape index (κ3) is 8.64. The summed E-state index contributed by atoms with van der Waals surface area (Å²) in [5.74, 6) is -0.380. The van der Waals surface area contributed by atoms with Gasteiger partial charge in [0.1, 0.15) is 11.6 Å². The zero-order valence-electron chi connectivity index (χ0n) is 23.7. The molecule has 0 aliphatic heterocycles. The van der Waals surface area contributed by atoms with Gasteiger partial charge < -0.3 is 0 Å². The predicted octanol–water partition coefficient (Wildman–Crippen LogP) is 15.1. The van der Waals surface area contributed by atoms with E-state index < -0.39 is 0 Å². The molecule has 236 valence electrons. The summed E-state index contributed by atoms with van der Waals surface area (Å²) in [4.78, 5) is 0. The van der Waals surface area contributed by atoms with Crippen molar-refractivity contribution in [2.24, 2.45) is 0 Å². The molecule has 0 N–H and O–H groups in total. The van der Waals surface area contributed by atoms with Gasteiger partial charge in [-0.1, -0.05) is 36.4 Å². The lowest BCUT2D eigenvalue weighted by atomic mass is 9.96. The first-order valence-electron chi connectivity index (χ1n) is 13.9. The van der Waals surface area contributed by atoms with Crippen LogP contribution in [-0.2, 0) is 6.42 Å². The van der Waals surface area contributed by atoms with Crippen molar-refractivity contribution in [3.8, 4) is 44.5 Å². The van der Waals surface area contributed by atoms with E-state index in [1.54, 1.807) is 12.1 Å². The molecule has 0 aliphatic rings. The third-order valence-electron chi connectivity index (χ3n) is 7.60. The van der Waals surface area contributed by atoms with Crippen molar-refractivity contribution in [3.05, 3.63) is 148 Å². The zero-order chi connectivity index (χ0) is 33.6. The number of benzene rings is 6. The predicted molar refractivity (Wildman–Crippen MR) is 259 cm³/mol. The molecule has 0 saturated heterocycles. The normalized spacial score (nSPS) is 11.3. The number of hydrogen-bond donors (Lipinski definition) is 0. The third-order valence-corrected chi connectivity index (χ3v) is 14.4. The van der Waals surface area contributed by atoms with Gasteiger partial charge in [-0.3, -0.25) is 0 Å². The molecule has 0 radical (unpaired) electrons. The van der Waals surface area contributed by atoms with E-state index in [0.29, 0.717) is 7.14 Å². The molecule has 0 bridgehead atoms. The summed E-state index contributed by atoms with van der Waals surface area (Å²) in [5, 5.41) is 0. The Morgan fingerprint density at radius 1 is 0.340 bits per heavy atom. The van der Waals surface area contributed by atoms with Gasteiger partial charge in [0, 0.05) is 39.7 Å². The summed E-state index contributed by atoms with van der Waals surface area (Å²) in [6, 6.07) is 33.0. The average Bonchev–Trinajstić information content (AvgIpc) is 3.00. The molecule has 6 aromatic rings. The lowest BCUT2D eigenvalue weighted by Crippen LogP contribution is -1.96. The fourth-order valence-electron chi connectivity index (χ4n) is 5.35. The fourth-order valence-corrected chi connectivity index (χ4v) is 12.9. The molecule has 0 spiro atoms. The first-order chi connectivity index (χ1) is 22.4. The van der Waals surface area contributed by atoms with Gasteiger partial charge in [0.25, 0.3) is 0 Å². The zero-order valence-corrected chi connectivity index (χ0v) is 41.0. The van der Waals surface area contributed by atoms with Crippen molar-refractivity contribution in [1.29, 1.82) is 0 Å². The summed E-state index contributed by atoms with van der Waals surface area (Å²) in [5.41, 5.74) is 11.7. The van der Waals surface area contributed by atoms with Crippen molar-refractivity contribution < 1.29 is 8.78 Å². The van der Waals surface area contributed by atoms with Crippen LogP contribution in [0.5, 0.6) is 0 Å². The standard InChI is InChI=1S/C37H18F2I8/c38-26-7-3-20(12-30(26)42)36-32(44)14-22(15-33(36)45)24-5-1-18(10-28(24)40)9-19-2-6-25(29(41)11-19)23-16-34(46)37(35(47)17-23)21-4-8-27(39)31(43)13-21/h1-8,10-17H,9H2. The SMILES string of the molecule is Fc1ccc(-c2c(I)cc(-c3ccc(Cc4ccc(-c5cc(I)c(-c6ccc(F)c(I)c6)c(I)c5)c(I)c4)cc3I)cc2I)cc1I. The molecule has 0 fully saturated rings. The first-order valence-corrected chi connectivity index (χ1v) is 22.5. The minimum Gasteiger partial charge on any atom is -0.206 e. The minimum atomic E-state index is -0.190. The smallest absolute Gasteiger partial charge is 0.136 e. The van der Waals surface area contributed by atoms with E-state index in [0.717, 1.165) is 43.0 Å². The van der Waals surface area contributed by atoms with Gasteiger partial charge in [-0.15, -0.1) is 0 Å². The lowest BCUT2D eigenvalue weighted by Gasteiger charge is -2.15. The quantitative estimate of drug-likeness (QED) is 0.146. The largest absolute Gasteiger partial charge is 0.206 e. The molecule has 10 heteroatoms. The molecule has 0 aliphatic carbocycles. The highest BCUT2D eigenvalue weighted by Gasteiger charge is 2.16. The number of hydrogen-bond acceptors (Lipinski definition) is 0. The van der Waals surface area contributed by atoms with Crippen LogP contribution in [0.4, 0.5) is 8.78 Å². The molecule has 6 rings (SSSR count). The Kier molecular flexibility index (Phi) is 13.1. The Balaban J connectivity index is 1.23. The van der Waals surface area contributed by atoms with E-state index in [2.05, 4.69) is 241 Å². The van der Waals surface area contributed by atoms with E-state index in [1.807, 2.05) is 24.3 Å². The molecule has 0 aromatic heterocycles. The van der Waals surface area contributed by atoms with Gasteiger partial charge in [-0.05, 0) is 292 Å². The van der Waals surface area contributed by atoms with Crippen LogP contribution in [-0.4, -0.2) is 0 Å². The molecule has 0 nitrogen and oxygen atoms in total. The van der Waals surface area contributed by atoms with Crippen molar-refractivity contribution in [1.82, 2.24) is 0 Å². The lowest BCUT2D eigenvalue weighted by molar-refractivity contribution is 0.620. The van der Waals surface area contributed by atoms with Crippen LogP contribution in [0.25, 0.3) is 44.5 Å². The second-order valence-electron chi connectivity index (χ2n) is 10.7. The Bertz CT molecular complexity index is 1990. The van der Waals surface area contributed by atoms with Crippen molar-refractivity contribution >= 4 is 181 Å². The van der Waals surface area contributed by atoms with E-state index in [1.165, 1.54) is 40.5 Å². The minimum absolute atomic E-state index is 0.190. The van der Waals surface area contributed by atoms with Crippen LogP contribution < -0.4 is 0 Å². The molecular formula is C37H18F2I8. The van der Waals surface area contributed by atoms with Crippen molar-refractivity contribution in [2.45, 2.75) is 6.42 Å². The van der Waals surface area contributed by atoms with Crippen LogP contribution in [0, 0.1) is 40.2 Å². The van der Waals surface area contributed by atoms with E-state index in [9.17, 15) is 8.78 Å². The van der Waals surface area contributed by atoms with Gasteiger partial charge in [0.2, 0.25) is 0 Å². The summed E-state index contributed by atoms with van der Waals surface area (Å²) >= 11 is 18.6. The maximum atomic E-state index is 13.9. The highest BCUT2D eigenvalue weighted by Crippen LogP contribution is 2.39. The van der Waals surface area contributed by atoms with Crippen LogP contribution in [0.1, 0.15) is 11.1 Å². The first kappa shape index (κ1) is 37.8. The average molecular weight is 1520 g/mol. The molecule has 6 aromatic carbocycles. The Labute approximate surface area is 382 Å². The number of rotatable bonds is 6. The molecule has 0 atom stereocenters. The molecule has 0 amide bonds. The van der Waals surface area contributed by atoms with E-state index >= 15 is 0 Å². The Morgan fingerprint density at radius 2 is 0.681 bits per heavy atom. The second kappa shape index (κ2) is 16.4. The Morgan fingerprint density at radius 3 is 1.00 bits per heavy atom. The molecular weight excluding hydrogens is 1500 g/mol. The second-order valence-corrected chi connectivity index (χ2v) is 20.0. The molecule has 0 heterocycles. The molecule has 47 heavy (non-hydrogen) atoms. The van der Waals surface area contributed by atoms with Crippen molar-refractivity contribution in [2.75, 3.05) is 0 Å². The summed E-state index contributed by atoms with van der Waals surface area (Å²) in [7, 11) is 0. The maximum absolute atomic E-state index is 13.9. The number of halogens is 10. The topological polar surface area (TPSA) is 0 Å². The fraction of sp³-hybridized carbons (Fsp3) is 0.0270. The van der Waals surface area contributed by atoms with Crippen molar-refractivity contribution in [3.63, 3.8) is 0 Å². The summed E-state index contributed by atoms with van der Waals surface area (Å²) in [6.45, 7) is 0. The van der Waals surface area contributed by atoms with Gasteiger partial charge in [0.15, 0.2) is 0 Å². The van der Waals surface area contributed by atoms with Crippen LogP contribution >= 0.6 is 181 Å². The van der Waals surface area contributed by atoms with E-state index in [-0.39, 0.29) is 11.6 Å². The van der Waals surface area contributed by atoms with Gasteiger partial charge in [-0.2, -0.15) is 0 Å². The van der Waals surface area contributed by atoms with E-state index in [4.69, 9.17) is 0 Å². The van der Waals surface area contributed by atoms with Gasteiger partial charge in [0.05, 0.1) is 0 Å². The molecule has 0 saturated carbocycles. The highest BCUT2D eigenvalue weighted by atomic mass is 127.